The van der Waals surface area contributed by atoms with Gasteiger partial charge in [-0.1, -0.05) is 5.16 Å². The molecule has 1 atom stereocenters. The Bertz CT molecular complexity index is 605. The van der Waals surface area contributed by atoms with Gasteiger partial charge in [-0.15, -0.1) is 0 Å². The topological polar surface area (TPSA) is 50.3 Å². The second-order valence-electron chi connectivity index (χ2n) is 6.12. The van der Waals surface area contributed by atoms with Gasteiger partial charge in [-0.2, -0.15) is 0 Å². The second-order valence-corrected chi connectivity index (χ2v) is 6.12. The van der Waals surface area contributed by atoms with Gasteiger partial charge >= 0.3 is 0 Å². The van der Waals surface area contributed by atoms with Crippen molar-refractivity contribution >= 4 is 0 Å². The minimum Gasteiger partial charge on any atom is -0.360 e. The highest BCUT2D eigenvalue weighted by Gasteiger charge is 2.25. The second kappa shape index (κ2) is 6.62. The van der Waals surface area contributed by atoms with Gasteiger partial charge in [-0.05, 0) is 20.8 Å². The van der Waals surface area contributed by atoms with E-state index in [1.165, 1.54) is 0 Å². The number of imidazole rings is 1. The molecule has 0 N–H and O–H groups in total. The van der Waals surface area contributed by atoms with E-state index in [0.29, 0.717) is 6.04 Å². The van der Waals surface area contributed by atoms with Gasteiger partial charge in [0.1, 0.15) is 5.82 Å². The zero-order valence-corrected chi connectivity index (χ0v) is 13.7. The van der Waals surface area contributed by atoms with E-state index < -0.39 is 0 Å². The van der Waals surface area contributed by atoms with Crippen LogP contribution in [0.2, 0.25) is 0 Å². The summed E-state index contributed by atoms with van der Waals surface area (Å²) in [6.07, 6.45) is 3.95. The Hall–Kier alpha value is -1.66. The molecule has 6 heteroatoms. The molecule has 3 rings (SSSR count). The van der Waals surface area contributed by atoms with Crippen LogP contribution in [0.5, 0.6) is 0 Å². The number of aryl methyl sites for hydroxylation is 2. The molecule has 0 amide bonds. The molecule has 0 aromatic carbocycles. The Morgan fingerprint density at radius 3 is 2.86 bits per heavy atom. The zero-order valence-electron chi connectivity index (χ0n) is 13.7. The maximum atomic E-state index is 5.33. The summed E-state index contributed by atoms with van der Waals surface area (Å²) in [5, 5.41) is 3.96. The highest BCUT2D eigenvalue weighted by Crippen LogP contribution is 2.16. The molecule has 0 spiro atoms. The molecule has 0 bridgehead atoms. The summed E-state index contributed by atoms with van der Waals surface area (Å²) in [7, 11) is 0. The summed E-state index contributed by atoms with van der Waals surface area (Å²) < 4.78 is 7.54. The lowest BCUT2D eigenvalue weighted by Gasteiger charge is -2.39. The average molecular weight is 303 g/mol. The van der Waals surface area contributed by atoms with Crippen LogP contribution in [0.3, 0.4) is 0 Å². The van der Waals surface area contributed by atoms with Gasteiger partial charge < -0.3 is 9.09 Å². The summed E-state index contributed by atoms with van der Waals surface area (Å²) in [5.74, 6) is 2.12. The Morgan fingerprint density at radius 2 is 2.18 bits per heavy atom. The molecule has 0 aliphatic carbocycles. The van der Waals surface area contributed by atoms with Crippen molar-refractivity contribution in [3.05, 3.63) is 35.7 Å². The molecule has 2 aromatic heterocycles. The van der Waals surface area contributed by atoms with Crippen molar-refractivity contribution in [1.29, 1.82) is 0 Å². The maximum absolute atomic E-state index is 5.33. The fourth-order valence-electron chi connectivity index (χ4n) is 3.12. The Kier molecular flexibility index (Phi) is 4.59. The normalized spacial score (nSPS) is 20.6. The molecule has 120 valence electrons. The van der Waals surface area contributed by atoms with Crippen molar-refractivity contribution in [2.24, 2.45) is 0 Å². The number of piperazine rings is 1. The minimum absolute atomic E-state index is 0.514. The summed E-state index contributed by atoms with van der Waals surface area (Å²) in [6.45, 7) is 12.3. The lowest BCUT2D eigenvalue weighted by Crippen LogP contribution is -2.51. The third kappa shape index (κ3) is 3.39. The Morgan fingerprint density at radius 1 is 1.32 bits per heavy atom. The summed E-state index contributed by atoms with van der Waals surface area (Å²) in [4.78, 5) is 9.44. The molecular formula is C16H25N5O. The molecule has 3 heterocycles. The average Bonchev–Trinajstić information content (AvgIpc) is 3.10. The van der Waals surface area contributed by atoms with Crippen molar-refractivity contribution in [1.82, 2.24) is 24.5 Å². The van der Waals surface area contributed by atoms with E-state index in [2.05, 4.69) is 44.6 Å². The van der Waals surface area contributed by atoms with Crippen LogP contribution in [-0.2, 0) is 19.6 Å². The first-order chi connectivity index (χ1) is 10.7. The van der Waals surface area contributed by atoms with Crippen LogP contribution in [0, 0.1) is 6.92 Å². The molecule has 22 heavy (non-hydrogen) atoms. The number of hydrogen-bond donors (Lipinski definition) is 0. The molecule has 1 fully saturated rings. The van der Waals surface area contributed by atoms with Crippen LogP contribution >= 0.6 is 0 Å². The predicted octanol–water partition coefficient (Wildman–Crippen LogP) is 1.91. The molecule has 1 saturated heterocycles. The van der Waals surface area contributed by atoms with E-state index in [9.17, 15) is 0 Å². The van der Waals surface area contributed by atoms with E-state index in [0.717, 1.165) is 56.5 Å². The van der Waals surface area contributed by atoms with E-state index in [1.807, 2.05) is 19.2 Å². The van der Waals surface area contributed by atoms with Crippen molar-refractivity contribution in [3.8, 4) is 0 Å². The first kappa shape index (κ1) is 15.2. The van der Waals surface area contributed by atoms with Gasteiger partial charge in [0.05, 0.1) is 18.8 Å². The smallest absolute Gasteiger partial charge is 0.150 e. The van der Waals surface area contributed by atoms with Gasteiger partial charge in [0.15, 0.2) is 5.76 Å². The highest BCUT2D eigenvalue weighted by atomic mass is 16.5. The lowest BCUT2D eigenvalue weighted by molar-refractivity contribution is 0.0653. The quantitative estimate of drug-likeness (QED) is 0.844. The molecule has 0 saturated carbocycles. The summed E-state index contributed by atoms with van der Waals surface area (Å²) in [6, 6.07) is 2.54. The highest BCUT2D eigenvalue weighted by molar-refractivity contribution is 5.03. The van der Waals surface area contributed by atoms with Crippen LogP contribution in [-0.4, -0.2) is 50.2 Å². The number of nitrogens with zero attached hydrogens (tertiary/aromatic N) is 5. The summed E-state index contributed by atoms with van der Waals surface area (Å²) in [5.41, 5.74) is 0.952. The standard InChI is InChI=1S/C16H25N5O/c1-4-20-6-5-17-16(20)12-21-8-7-19(10-14(21)3)11-15-9-13(2)18-22-15/h5-6,9,14H,4,7-8,10-12H2,1-3H3/t14-/m0/s1. The zero-order chi connectivity index (χ0) is 15.5. The molecule has 1 aliphatic rings. The van der Waals surface area contributed by atoms with Gasteiger partial charge in [-0.25, -0.2) is 4.98 Å². The van der Waals surface area contributed by atoms with Crippen LogP contribution in [0.25, 0.3) is 0 Å². The fraction of sp³-hybridized carbons (Fsp3) is 0.625. The van der Waals surface area contributed by atoms with E-state index >= 15 is 0 Å². The number of aromatic nitrogens is 3. The van der Waals surface area contributed by atoms with Gasteiger partial charge in [0, 0.05) is 50.7 Å². The van der Waals surface area contributed by atoms with Crippen LogP contribution < -0.4 is 0 Å². The molecule has 1 aliphatic heterocycles. The first-order valence-corrected chi connectivity index (χ1v) is 8.04. The molecule has 6 nitrogen and oxygen atoms in total. The van der Waals surface area contributed by atoms with Crippen molar-refractivity contribution < 1.29 is 4.52 Å². The minimum atomic E-state index is 0.514. The van der Waals surface area contributed by atoms with Crippen molar-refractivity contribution in [2.75, 3.05) is 19.6 Å². The maximum Gasteiger partial charge on any atom is 0.150 e. The van der Waals surface area contributed by atoms with Crippen LogP contribution in [0.4, 0.5) is 0 Å². The van der Waals surface area contributed by atoms with E-state index in [1.54, 1.807) is 0 Å². The van der Waals surface area contributed by atoms with Crippen molar-refractivity contribution in [2.45, 2.75) is 46.4 Å². The Labute approximate surface area is 131 Å². The largest absolute Gasteiger partial charge is 0.360 e. The fourth-order valence-corrected chi connectivity index (χ4v) is 3.12. The van der Waals surface area contributed by atoms with E-state index in [-0.39, 0.29) is 0 Å². The van der Waals surface area contributed by atoms with Crippen LogP contribution in [0.15, 0.2) is 23.0 Å². The SMILES string of the molecule is CCn1ccnc1CN1CCN(Cc2cc(C)no2)C[C@@H]1C. The third-order valence-corrected chi connectivity index (χ3v) is 4.39. The third-order valence-electron chi connectivity index (χ3n) is 4.39. The molecule has 0 radical (unpaired) electrons. The van der Waals surface area contributed by atoms with Gasteiger partial charge in [0.25, 0.3) is 0 Å². The van der Waals surface area contributed by atoms with Gasteiger partial charge in [0.2, 0.25) is 0 Å². The first-order valence-electron chi connectivity index (χ1n) is 8.04. The Balaban J connectivity index is 1.56. The lowest BCUT2D eigenvalue weighted by atomic mass is 10.2. The monoisotopic (exact) mass is 303 g/mol. The summed E-state index contributed by atoms with van der Waals surface area (Å²) >= 11 is 0. The van der Waals surface area contributed by atoms with Crippen molar-refractivity contribution in [3.63, 3.8) is 0 Å². The predicted molar refractivity (Wildman–Crippen MR) is 84.3 cm³/mol. The number of hydrogen-bond acceptors (Lipinski definition) is 5. The van der Waals surface area contributed by atoms with Gasteiger partial charge in [-0.3, -0.25) is 9.80 Å². The van der Waals surface area contributed by atoms with E-state index in [4.69, 9.17) is 4.52 Å². The molecular weight excluding hydrogens is 278 g/mol. The molecule has 0 unspecified atom stereocenters. The molecule has 2 aromatic rings. The number of rotatable bonds is 5. The van der Waals surface area contributed by atoms with Crippen LogP contribution in [0.1, 0.15) is 31.1 Å².